The molecule has 120 valence electrons. The lowest BCUT2D eigenvalue weighted by atomic mass is 10.1. The highest BCUT2D eigenvalue weighted by Crippen LogP contribution is 2.25. The second kappa shape index (κ2) is 7.65. The molecular weight excluding hydrogens is 318 g/mol. The van der Waals surface area contributed by atoms with Gasteiger partial charge in [-0.15, -0.1) is 0 Å². The third kappa shape index (κ3) is 4.02. The highest BCUT2D eigenvalue weighted by molar-refractivity contribution is 6.34. The lowest BCUT2D eigenvalue weighted by Gasteiger charge is -2.11. The first-order valence-electron chi connectivity index (χ1n) is 6.97. The van der Waals surface area contributed by atoms with Crippen molar-refractivity contribution in [3.63, 3.8) is 0 Å². The molecule has 2 aromatic rings. The predicted octanol–water partition coefficient (Wildman–Crippen LogP) is 3.78. The highest BCUT2D eigenvalue weighted by Gasteiger charge is 2.15. The van der Waals surface area contributed by atoms with Crippen LogP contribution >= 0.6 is 11.6 Å². The number of ether oxygens (including phenoxy) is 2. The van der Waals surface area contributed by atoms with E-state index in [0.717, 1.165) is 0 Å². The molecule has 0 aliphatic rings. The van der Waals surface area contributed by atoms with Crippen molar-refractivity contribution < 1.29 is 19.1 Å². The lowest BCUT2D eigenvalue weighted by Crippen LogP contribution is -2.14. The Morgan fingerprint density at radius 3 is 2.57 bits per heavy atom. The van der Waals surface area contributed by atoms with Crippen LogP contribution in [0.25, 0.3) is 0 Å². The van der Waals surface area contributed by atoms with Crippen LogP contribution < -0.4 is 10.1 Å². The van der Waals surface area contributed by atoms with Crippen molar-refractivity contribution in [2.75, 3.05) is 19.0 Å². The van der Waals surface area contributed by atoms with Crippen LogP contribution in [0.2, 0.25) is 5.02 Å². The molecule has 0 bridgehead atoms. The van der Waals surface area contributed by atoms with E-state index in [1.807, 2.05) is 0 Å². The van der Waals surface area contributed by atoms with Crippen molar-refractivity contribution in [2.45, 2.75) is 6.92 Å². The van der Waals surface area contributed by atoms with E-state index >= 15 is 0 Å². The first-order chi connectivity index (χ1) is 11.1. The Hall–Kier alpha value is -2.53. The van der Waals surface area contributed by atoms with Gasteiger partial charge in [0.15, 0.2) is 0 Å². The Kier molecular flexibility index (Phi) is 5.60. The fourth-order valence-corrected chi connectivity index (χ4v) is 2.21. The second-order valence-electron chi connectivity index (χ2n) is 4.57. The van der Waals surface area contributed by atoms with Crippen molar-refractivity contribution in [3.8, 4) is 5.75 Å². The van der Waals surface area contributed by atoms with Crippen LogP contribution in [-0.2, 0) is 4.74 Å². The molecule has 0 aliphatic carbocycles. The van der Waals surface area contributed by atoms with Gasteiger partial charge < -0.3 is 14.8 Å². The number of methoxy groups -OCH3 is 1. The van der Waals surface area contributed by atoms with E-state index in [0.29, 0.717) is 22.6 Å². The quantitative estimate of drug-likeness (QED) is 0.846. The maximum atomic E-state index is 12.3. The van der Waals surface area contributed by atoms with Gasteiger partial charge in [-0.1, -0.05) is 23.7 Å². The number of hydrogen-bond donors (Lipinski definition) is 1. The first-order valence-corrected chi connectivity index (χ1v) is 7.35. The zero-order valence-corrected chi connectivity index (χ0v) is 13.5. The van der Waals surface area contributed by atoms with Crippen molar-refractivity contribution in [1.29, 1.82) is 0 Å². The van der Waals surface area contributed by atoms with E-state index in [2.05, 4.69) is 5.32 Å². The van der Waals surface area contributed by atoms with Gasteiger partial charge in [-0.2, -0.15) is 0 Å². The molecule has 23 heavy (non-hydrogen) atoms. The third-order valence-electron chi connectivity index (χ3n) is 3.08. The Morgan fingerprint density at radius 1 is 1.17 bits per heavy atom. The zero-order chi connectivity index (χ0) is 16.8. The van der Waals surface area contributed by atoms with E-state index in [-0.39, 0.29) is 17.5 Å². The number of amides is 1. The number of nitrogens with one attached hydrogen (secondary N) is 1. The zero-order valence-electron chi connectivity index (χ0n) is 12.8. The summed E-state index contributed by atoms with van der Waals surface area (Å²) < 4.78 is 10.1. The molecule has 6 heteroatoms. The molecule has 5 nitrogen and oxygen atoms in total. The van der Waals surface area contributed by atoms with Gasteiger partial charge in [0.25, 0.3) is 5.91 Å². The van der Waals surface area contributed by atoms with Gasteiger partial charge in [-0.3, -0.25) is 4.79 Å². The van der Waals surface area contributed by atoms with Crippen LogP contribution in [0, 0.1) is 0 Å². The fraction of sp³-hybridized carbons (Fsp3) is 0.176. The normalized spacial score (nSPS) is 10.0. The Bertz CT molecular complexity index is 730. The van der Waals surface area contributed by atoms with Crippen LogP contribution in [0.3, 0.4) is 0 Å². The lowest BCUT2D eigenvalue weighted by molar-refractivity contribution is 0.0526. The molecule has 0 radical (unpaired) electrons. The Balaban J connectivity index is 2.20. The van der Waals surface area contributed by atoms with Crippen molar-refractivity contribution >= 4 is 29.2 Å². The van der Waals surface area contributed by atoms with E-state index in [1.165, 1.54) is 13.2 Å². The van der Waals surface area contributed by atoms with E-state index in [1.54, 1.807) is 43.3 Å². The summed E-state index contributed by atoms with van der Waals surface area (Å²) in [5, 5.41) is 2.95. The molecule has 0 spiro atoms. The van der Waals surface area contributed by atoms with Crippen molar-refractivity contribution in [1.82, 2.24) is 0 Å². The molecule has 0 atom stereocenters. The topological polar surface area (TPSA) is 64.6 Å². The smallest absolute Gasteiger partial charge is 0.338 e. The molecule has 0 saturated heterocycles. The fourth-order valence-electron chi connectivity index (χ4n) is 1.98. The minimum absolute atomic E-state index is 0.249. The van der Waals surface area contributed by atoms with Gasteiger partial charge in [-0.25, -0.2) is 4.79 Å². The van der Waals surface area contributed by atoms with Crippen LogP contribution in [0.4, 0.5) is 5.69 Å². The van der Waals surface area contributed by atoms with Crippen LogP contribution in [0.15, 0.2) is 42.5 Å². The highest BCUT2D eigenvalue weighted by atomic mass is 35.5. The molecule has 2 rings (SSSR count). The van der Waals surface area contributed by atoms with Crippen molar-refractivity contribution in [2.24, 2.45) is 0 Å². The van der Waals surface area contributed by atoms with E-state index < -0.39 is 5.97 Å². The Labute approximate surface area is 139 Å². The van der Waals surface area contributed by atoms with E-state index in [4.69, 9.17) is 21.1 Å². The average molecular weight is 334 g/mol. The molecule has 0 aliphatic heterocycles. The summed E-state index contributed by atoms with van der Waals surface area (Å²) in [6.07, 6.45) is 0. The SMILES string of the molecule is CCOC(=O)c1ccc(NC(=O)c2ccccc2OC)c(Cl)c1. The van der Waals surface area contributed by atoms with Crippen LogP contribution in [0.5, 0.6) is 5.75 Å². The van der Waals surface area contributed by atoms with Crippen molar-refractivity contribution in [3.05, 3.63) is 58.6 Å². The summed E-state index contributed by atoms with van der Waals surface area (Å²) in [5.74, 6) is -0.352. The number of halogens is 1. The van der Waals surface area contributed by atoms with Crippen LogP contribution in [0.1, 0.15) is 27.6 Å². The maximum absolute atomic E-state index is 12.3. The molecule has 0 aromatic heterocycles. The summed E-state index contributed by atoms with van der Waals surface area (Å²) in [7, 11) is 1.49. The molecular formula is C17H16ClNO4. The standard InChI is InChI=1S/C17H16ClNO4/c1-3-23-17(21)11-8-9-14(13(18)10-11)19-16(20)12-6-4-5-7-15(12)22-2/h4-10H,3H2,1-2H3,(H,19,20). The predicted molar refractivity (Wildman–Crippen MR) is 88.4 cm³/mol. The van der Waals surface area contributed by atoms with Crippen LogP contribution in [-0.4, -0.2) is 25.6 Å². The summed E-state index contributed by atoms with van der Waals surface area (Å²) in [5.41, 5.74) is 1.11. The minimum Gasteiger partial charge on any atom is -0.496 e. The molecule has 1 N–H and O–H groups in total. The Morgan fingerprint density at radius 2 is 1.91 bits per heavy atom. The molecule has 0 fully saturated rings. The van der Waals surface area contributed by atoms with Gasteiger partial charge in [-0.05, 0) is 37.3 Å². The molecule has 0 saturated carbocycles. The minimum atomic E-state index is -0.461. The summed E-state index contributed by atoms with van der Waals surface area (Å²) in [4.78, 5) is 24.0. The largest absolute Gasteiger partial charge is 0.496 e. The summed E-state index contributed by atoms with van der Waals surface area (Å²) >= 11 is 6.13. The average Bonchev–Trinajstić information content (AvgIpc) is 2.56. The number of para-hydroxylation sites is 1. The molecule has 2 aromatic carbocycles. The number of rotatable bonds is 5. The van der Waals surface area contributed by atoms with Gasteiger partial charge in [0.2, 0.25) is 0 Å². The number of carbonyl (C=O) groups excluding carboxylic acids is 2. The second-order valence-corrected chi connectivity index (χ2v) is 4.98. The number of carbonyl (C=O) groups is 2. The first kappa shape index (κ1) is 16.8. The molecule has 0 heterocycles. The van der Waals surface area contributed by atoms with Gasteiger partial charge in [0.05, 0.1) is 35.6 Å². The number of esters is 1. The van der Waals surface area contributed by atoms with E-state index in [9.17, 15) is 9.59 Å². The third-order valence-corrected chi connectivity index (χ3v) is 3.39. The summed E-state index contributed by atoms with van der Waals surface area (Å²) in [6.45, 7) is 2.00. The van der Waals surface area contributed by atoms with Gasteiger partial charge in [0.1, 0.15) is 5.75 Å². The maximum Gasteiger partial charge on any atom is 0.338 e. The van der Waals surface area contributed by atoms with Gasteiger partial charge in [0, 0.05) is 0 Å². The summed E-state index contributed by atoms with van der Waals surface area (Å²) in [6, 6.07) is 11.4. The number of anilines is 1. The number of hydrogen-bond acceptors (Lipinski definition) is 4. The monoisotopic (exact) mass is 333 g/mol. The number of benzene rings is 2. The molecule has 1 amide bonds. The molecule has 0 unspecified atom stereocenters. The van der Waals surface area contributed by atoms with Gasteiger partial charge >= 0.3 is 5.97 Å².